The van der Waals surface area contributed by atoms with Gasteiger partial charge in [-0.15, -0.1) is 0 Å². The van der Waals surface area contributed by atoms with Crippen LogP contribution in [0.25, 0.3) is 11.0 Å². The molecule has 0 aromatic carbocycles. The largest absolute Gasteiger partial charge is 0.332 e. The van der Waals surface area contributed by atoms with Crippen molar-refractivity contribution < 1.29 is 9.59 Å². The van der Waals surface area contributed by atoms with Crippen LogP contribution in [-0.2, 0) is 11.3 Å². The second kappa shape index (κ2) is 7.21. The lowest BCUT2D eigenvalue weighted by molar-refractivity contribution is -0.112. The summed E-state index contributed by atoms with van der Waals surface area (Å²) in [5.41, 5.74) is 1.11. The summed E-state index contributed by atoms with van der Waals surface area (Å²) >= 11 is 12.0. The zero-order valence-corrected chi connectivity index (χ0v) is 14.8. The minimum Gasteiger partial charge on any atom is -0.332 e. The van der Waals surface area contributed by atoms with Crippen molar-refractivity contribution in [2.75, 3.05) is 5.32 Å². The monoisotopic (exact) mass is 376 g/mol. The number of anilines is 1. The van der Waals surface area contributed by atoms with Crippen LogP contribution >= 0.6 is 23.2 Å². The highest BCUT2D eigenvalue weighted by Gasteiger charge is 2.23. The van der Waals surface area contributed by atoms with Gasteiger partial charge in [-0.3, -0.25) is 14.6 Å². The molecule has 0 aliphatic carbocycles. The number of aryl methyl sites for hydroxylation is 1. The van der Waals surface area contributed by atoms with Crippen molar-refractivity contribution in [3.8, 4) is 0 Å². The summed E-state index contributed by atoms with van der Waals surface area (Å²) in [5, 5.41) is 3.40. The minimum absolute atomic E-state index is 0.156. The fraction of sp³-hybridized carbons (Fsp3) is 0.176. The van der Waals surface area contributed by atoms with Gasteiger partial charge in [0.1, 0.15) is 5.65 Å². The van der Waals surface area contributed by atoms with Crippen molar-refractivity contribution in [3.63, 3.8) is 0 Å². The molecule has 0 bridgehead atoms. The Morgan fingerprint density at radius 2 is 1.96 bits per heavy atom. The first kappa shape index (κ1) is 17.4. The summed E-state index contributed by atoms with van der Waals surface area (Å²) in [6.07, 6.45) is 6.86. The van der Waals surface area contributed by atoms with Gasteiger partial charge in [0.05, 0.1) is 21.3 Å². The first-order chi connectivity index (χ1) is 12.0. The number of nitrogens with zero attached hydrogens (tertiary/aromatic N) is 3. The maximum atomic E-state index is 12.6. The molecule has 0 aliphatic rings. The van der Waals surface area contributed by atoms with E-state index in [0.29, 0.717) is 17.6 Å². The molecule has 0 saturated heterocycles. The molecule has 6 nitrogen and oxygen atoms in total. The second-order valence-corrected chi connectivity index (χ2v) is 6.19. The van der Waals surface area contributed by atoms with E-state index in [1.54, 1.807) is 24.5 Å². The van der Waals surface area contributed by atoms with Crippen LogP contribution in [0.5, 0.6) is 0 Å². The summed E-state index contributed by atoms with van der Waals surface area (Å²) in [6.45, 7) is 2.72. The molecule has 25 heavy (non-hydrogen) atoms. The molecular weight excluding hydrogens is 363 g/mol. The summed E-state index contributed by atoms with van der Waals surface area (Å²) in [7, 11) is 0. The fourth-order valence-corrected chi connectivity index (χ4v) is 3.00. The SMILES string of the molecule is CCCn1cc(C(=O)C(=O)Nc2c(Cl)cncc2Cl)c2cccnc21. The topological polar surface area (TPSA) is 76.9 Å². The van der Waals surface area contributed by atoms with Crippen LogP contribution in [0.3, 0.4) is 0 Å². The second-order valence-electron chi connectivity index (χ2n) is 5.37. The maximum Gasteiger partial charge on any atom is 0.296 e. The quantitative estimate of drug-likeness (QED) is 0.539. The molecule has 3 aromatic heterocycles. The van der Waals surface area contributed by atoms with Crippen LogP contribution in [0.2, 0.25) is 10.0 Å². The Morgan fingerprint density at radius 3 is 2.64 bits per heavy atom. The highest BCUT2D eigenvalue weighted by molar-refractivity contribution is 6.50. The minimum atomic E-state index is -0.825. The van der Waals surface area contributed by atoms with E-state index in [2.05, 4.69) is 15.3 Å². The van der Waals surface area contributed by atoms with E-state index in [9.17, 15) is 9.59 Å². The predicted octanol–water partition coefficient (Wildman–Crippen LogP) is 3.97. The van der Waals surface area contributed by atoms with E-state index in [1.165, 1.54) is 12.4 Å². The van der Waals surface area contributed by atoms with Crippen molar-refractivity contribution in [1.29, 1.82) is 0 Å². The Hall–Kier alpha value is -2.44. The van der Waals surface area contributed by atoms with Crippen molar-refractivity contribution in [1.82, 2.24) is 14.5 Å². The number of Topliss-reactive ketones (excluding diaryl/α,β-unsaturated/α-hetero) is 1. The Labute approximate surface area is 153 Å². The molecule has 1 N–H and O–H groups in total. The Kier molecular flexibility index (Phi) is 5.01. The number of fused-ring (bicyclic) bond motifs is 1. The van der Waals surface area contributed by atoms with Gasteiger partial charge in [-0.05, 0) is 18.6 Å². The molecule has 0 unspecified atom stereocenters. The number of nitrogens with one attached hydrogen (secondary N) is 1. The number of amides is 1. The van der Waals surface area contributed by atoms with Gasteiger partial charge in [-0.1, -0.05) is 30.1 Å². The third-order valence-corrected chi connectivity index (χ3v) is 4.21. The summed E-state index contributed by atoms with van der Waals surface area (Å²) in [5.74, 6) is -1.51. The standard InChI is InChI=1S/C17H14Cl2N4O2/c1-2-6-23-9-11(10-4-3-5-21-16(10)23)15(24)17(25)22-14-12(18)7-20-8-13(14)19/h3-5,7-9H,2,6H2,1H3,(H,20,22,25). The maximum absolute atomic E-state index is 12.6. The van der Waals surface area contributed by atoms with Crippen LogP contribution in [0.15, 0.2) is 36.9 Å². The highest BCUT2D eigenvalue weighted by atomic mass is 35.5. The lowest BCUT2D eigenvalue weighted by Gasteiger charge is -2.07. The molecular formula is C17H14Cl2N4O2. The average Bonchev–Trinajstić information content (AvgIpc) is 2.97. The number of aromatic nitrogens is 3. The van der Waals surface area contributed by atoms with Gasteiger partial charge in [0, 0.05) is 36.7 Å². The van der Waals surface area contributed by atoms with Crippen molar-refractivity contribution in [2.24, 2.45) is 0 Å². The lowest BCUT2D eigenvalue weighted by Crippen LogP contribution is -2.23. The van der Waals surface area contributed by atoms with Crippen LogP contribution in [0, 0.1) is 0 Å². The normalized spacial score (nSPS) is 10.8. The van der Waals surface area contributed by atoms with Gasteiger partial charge >= 0.3 is 0 Å². The molecule has 0 spiro atoms. The van der Waals surface area contributed by atoms with Crippen LogP contribution in [0.1, 0.15) is 23.7 Å². The van der Waals surface area contributed by atoms with Gasteiger partial charge in [-0.2, -0.15) is 0 Å². The Balaban J connectivity index is 1.95. The number of rotatable bonds is 5. The number of halogens is 2. The molecule has 0 atom stereocenters. The summed E-state index contributed by atoms with van der Waals surface area (Å²) in [6, 6.07) is 3.49. The first-order valence-electron chi connectivity index (χ1n) is 7.61. The smallest absolute Gasteiger partial charge is 0.296 e. The molecule has 0 saturated carbocycles. The highest BCUT2D eigenvalue weighted by Crippen LogP contribution is 2.29. The van der Waals surface area contributed by atoms with Gasteiger partial charge < -0.3 is 9.88 Å². The summed E-state index contributed by atoms with van der Waals surface area (Å²) < 4.78 is 1.86. The number of pyridine rings is 2. The predicted molar refractivity (Wildman–Crippen MR) is 97.2 cm³/mol. The molecule has 0 fully saturated rings. The summed E-state index contributed by atoms with van der Waals surface area (Å²) in [4.78, 5) is 33.2. The number of ketones is 1. The van der Waals surface area contributed by atoms with Gasteiger partial charge in [0.25, 0.3) is 11.7 Å². The first-order valence-corrected chi connectivity index (χ1v) is 8.37. The fourth-order valence-electron chi connectivity index (χ4n) is 2.54. The molecule has 3 rings (SSSR count). The number of hydrogen-bond acceptors (Lipinski definition) is 4. The van der Waals surface area contributed by atoms with Crippen molar-refractivity contribution in [3.05, 3.63) is 52.5 Å². The molecule has 1 amide bonds. The van der Waals surface area contributed by atoms with E-state index in [-0.39, 0.29) is 21.3 Å². The van der Waals surface area contributed by atoms with E-state index in [1.807, 2.05) is 11.5 Å². The van der Waals surface area contributed by atoms with Crippen molar-refractivity contribution in [2.45, 2.75) is 19.9 Å². The molecule has 3 heterocycles. The average molecular weight is 377 g/mol. The third-order valence-electron chi connectivity index (χ3n) is 3.64. The zero-order chi connectivity index (χ0) is 18.0. The van der Waals surface area contributed by atoms with E-state index in [4.69, 9.17) is 23.2 Å². The third kappa shape index (κ3) is 3.36. The molecule has 0 aliphatic heterocycles. The number of carbonyl (C=O) groups excluding carboxylic acids is 2. The number of hydrogen-bond donors (Lipinski definition) is 1. The Morgan fingerprint density at radius 1 is 1.24 bits per heavy atom. The van der Waals surface area contributed by atoms with E-state index in [0.717, 1.165) is 6.42 Å². The molecule has 8 heteroatoms. The van der Waals surface area contributed by atoms with Crippen molar-refractivity contribution >= 4 is 51.6 Å². The van der Waals surface area contributed by atoms with E-state index >= 15 is 0 Å². The van der Waals surface area contributed by atoms with Crippen LogP contribution in [0.4, 0.5) is 5.69 Å². The van der Waals surface area contributed by atoms with Crippen LogP contribution in [-0.4, -0.2) is 26.2 Å². The van der Waals surface area contributed by atoms with Crippen LogP contribution < -0.4 is 5.32 Å². The van der Waals surface area contributed by atoms with Gasteiger partial charge in [0.15, 0.2) is 0 Å². The number of carbonyl (C=O) groups is 2. The van der Waals surface area contributed by atoms with Gasteiger partial charge in [0.2, 0.25) is 0 Å². The zero-order valence-electron chi connectivity index (χ0n) is 13.3. The molecule has 128 valence electrons. The molecule has 3 aromatic rings. The lowest BCUT2D eigenvalue weighted by atomic mass is 10.1. The Bertz CT molecular complexity index is 948. The van der Waals surface area contributed by atoms with E-state index < -0.39 is 11.7 Å². The molecule has 0 radical (unpaired) electrons. The van der Waals surface area contributed by atoms with Gasteiger partial charge in [-0.25, -0.2) is 4.98 Å².